The van der Waals surface area contributed by atoms with Crippen LogP contribution in [0.4, 0.5) is 27.6 Å². The number of hydrazone groups is 1. The summed E-state index contributed by atoms with van der Waals surface area (Å²) in [6.45, 7) is 0. The van der Waals surface area contributed by atoms with Crippen molar-refractivity contribution in [1.29, 1.82) is 0 Å². The molecule has 10 heteroatoms. The van der Waals surface area contributed by atoms with E-state index in [1.165, 1.54) is 24.3 Å². The van der Waals surface area contributed by atoms with E-state index < -0.39 is 46.8 Å². The Bertz CT molecular complexity index is 920. The molecule has 1 aliphatic rings. The third kappa shape index (κ3) is 3.23. The van der Waals surface area contributed by atoms with E-state index in [-0.39, 0.29) is 12.1 Å². The van der Waals surface area contributed by atoms with E-state index in [0.717, 1.165) is 7.11 Å². The van der Waals surface area contributed by atoms with Crippen molar-refractivity contribution < 1.29 is 31.5 Å². The van der Waals surface area contributed by atoms with Crippen LogP contribution in [0.15, 0.2) is 29.4 Å². The molecule has 1 atom stereocenters. The Morgan fingerprint density at radius 1 is 1.04 bits per heavy atom. The van der Waals surface area contributed by atoms with Crippen molar-refractivity contribution >= 4 is 29.0 Å². The lowest BCUT2D eigenvalue weighted by Crippen LogP contribution is -2.36. The lowest BCUT2D eigenvalue weighted by Gasteiger charge is -2.22. The minimum Gasteiger partial charge on any atom is -0.467 e. The minimum absolute atomic E-state index is 0.173. The summed E-state index contributed by atoms with van der Waals surface area (Å²) in [6, 6.07) is 4.71. The van der Waals surface area contributed by atoms with Gasteiger partial charge in [0.15, 0.2) is 29.3 Å². The lowest BCUT2D eigenvalue weighted by molar-refractivity contribution is -0.141. The van der Waals surface area contributed by atoms with Crippen molar-refractivity contribution in [2.45, 2.75) is 12.5 Å². The molecule has 0 spiro atoms. The van der Waals surface area contributed by atoms with Crippen LogP contribution in [0.5, 0.6) is 0 Å². The summed E-state index contributed by atoms with van der Waals surface area (Å²) in [5, 5.41) is 4.78. The minimum atomic E-state index is -2.30. The van der Waals surface area contributed by atoms with Crippen molar-refractivity contribution in [2.75, 3.05) is 12.1 Å². The third-order valence-electron chi connectivity index (χ3n) is 3.98. The first kappa shape index (κ1) is 19.1. The van der Waals surface area contributed by atoms with Crippen LogP contribution in [0.2, 0.25) is 5.02 Å². The molecular formula is C17H10ClF5N2O2. The van der Waals surface area contributed by atoms with Gasteiger partial charge in [0.2, 0.25) is 5.82 Å². The molecular weight excluding hydrogens is 395 g/mol. The van der Waals surface area contributed by atoms with Gasteiger partial charge in [0.05, 0.1) is 12.8 Å². The molecule has 0 saturated carbocycles. The number of halogens is 6. The number of nitrogens with zero attached hydrogens (tertiary/aromatic N) is 2. The van der Waals surface area contributed by atoms with E-state index in [4.69, 9.17) is 11.6 Å². The SMILES string of the molecule is COC(=O)C1CC(c2ccc(Cl)cc2)=NN1c1c(F)c(F)c(F)c(F)c1F. The average Bonchev–Trinajstić information content (AvgIpc) is 3.10. The van der Waals surface area contributed by atoms with Crippen LogP contribution in [0.1, 0.15) is 12.0 Å². The summed E-state index contributed by atoms with van der Waals surface area (Å²) in [5.74, 6) is -11.7. The molecule has 0 fully saturated rings. The quantitative estimate of drug-likeness (QED) is 0.333. The van der Waals surface area contributed by atoms with Crippen LogP contribution in [-0.2, 0) is 9.53 Å². The number of benzene rings is 2. The number of carbonyl (C=O) groups is 1. The van der Waals surface area contributed by atoms with Crippen molar-refractivity contribution in [2.24, 2.45) is 5.10 Å². The highest BCUT2D eigenvalue weighted by molar-refractivity contribution is 6.30. The van der Waals surface area contributed by atoms with Crippen LogP contribution in [0.3, 0.4) is 0 Å². The van der Waals surface area contributed by atoms with Crippen molar-refractivity contribution in [3.05, 3.63) is 63.9 Å². The maximum absolute atomic E-state index is 14.2. The summed E-state index contributed by atoms with van der Waals surface area (Å²) >= 11 is 5.79. The molecule has 0 radical (unpaired) electrons. The second-order valence-electron chi connectivity index (χ2n) is 5.56. The fourth-order valence-electron chi connectivity index (χ4n) is 2.65. The Labute approximate surface area is 154 Å². The number of hydrogen-bond acceptors (Lipinski definition) is 4. The first-order chi connectivity index (χ1) is 12.8. The van der Waals surface area contributed by atoms with Crippen molar-refractivity contribution in [1.82, 2.24) is 0 Å². The first-order valence-corrected chi connectivity index (χ1v) is 7.86. The molecule has 2 aromatic carbocycles. The molecule has 0 bridgehead atoms. The standard InChI is InChI=1S/C17H10ClF5N2O2/c1-27-17(26)10-6-9(7-2-4-8(18)5-3-7)24-25(10)16-14(22)12(20)11(19)13(21)15(16)23/h2-5,10H,6H2,1H3. The first-order valence-electron chi connectivity index (χ1n) is 7.48. The second kappa shape index (κ2) is 7.15. The van der Waals surface area contributed by atoms with Crippen molar-refractivity contribution in [3.8, 4) is 0 Å². The van der Waals surface area contributed by atoms with Gasteiger partial charge in [-0.2, -0.15) is 5.10 Å². The zero-order chi connectivity index (χ0) is 19.9. The molecule has 0 aliphatic carbocycles. The second-order valence-corrected chi connectivity index (χ2v) is 6.00. The van der Waals surface area contributed by atoms with Gasteiger partial charge < -0.3 is 4.74 Å². The van der Waals surface area contributed by atoms with Gasteiger partial charge in [-0.15, -0.1) is 0 Å². The van der Waals surface area contributed by atoms with Gasteiger partial charge in [0, 0.05) is 11.4 Å². The fraction of sp³-hybridized carbons (Fsp3) is 0.176. The zero-order valence-corrected chi connectivity index (χ0v) is 14.3. The van der Waals surface area contributed by atoms with Crippen LogP contribution >= 0.6 is 11.6 Å². The smallest absolute Gasteiger partial charge is 0.331 e. The molecule has 1 heterocycles. The van der Waals surface area contributed by atoms with E-state index in [1.54, 1.807) is 0 Å². The Balaban J connectivity index is 2.16. The fourth-order valence-corrected chi connectivity index (χ4v) is 2.77. The molecule has 27 heavy (non-hydrogen) atoms. The molecule has 142 valence electrons. The van der Waals surface area contributed by atoms with Crippen LogP contribution in [0, 0.1) is 29.1 Å². The van der Waals surface area contributed by atoms with Gasteiger partial charge in [-0.05, 0) is 17.7 Å². The number of rotatable bonds is 3. The Hall–Kier alpha value is -2.68. The largest absolute Gasteiger partial charge is 0.467 e. The number of carbonyl (C=O) groups excluding carboxylic acids is 1. The highest BCUT2D eigenvalue weighted by Gasteiger charge is 2.40. The lowest BCUT2D eigenvalue weighted by atomic mass is 10.0. The monoisotopic (exact) mass is 404 g/mol. The van der Waals surface area contributed by atoms with E-state index in [2.05, 4.69) is 9.84 Å². The Morgan fingerprint density at radius 2 is 1.56 bits per heavy atom. The maximum Gasteiger partial charge on any atom is 0.331 e. The van der Waals surface area contributed by atoms with Crippen LogP contribution < -0.4 is 5.01 Å². The maximum atomic E-state index is 14.2. The molecule has 1 aliphatic heterocycles. The zero-order valence-electron chi connectivity index (χ0n) is 13.6. The van der Waals surface area contributed by atoms with Gasteiger partial charge in [-0.25, -0.2) is 31.8 Å². The molecule has 0 aromatic heterocycles. The molecule has 1 unspecified atom stereocenters. The van der Waals surface area contributed by atoms with Crippen LogP contribution in [0.25, 0.3) is 0 Å². The predicted molar refractivity (Wildman–Crippen MR) is 87.1 cm³/mol. The number of methoxy groups -OCH3 is 1. The van der Waals surface area contributed by atoms with Crippen LogP contribution in [-0.4, -0.2) is 24.8 Å². The Kier molecular flexibility index (Phi) is 5.05. The molecule has 0 N–H and O–H groups in total. The molecule has 0 saturated heterocycles. The number of esters is 1. The van der Waals surface area contributed by atoms with E-state index >= 15 is 0 Å². The Morgan fingerprint density at radius 3 is 2.07 bits per heavy atom. The summed E-state index contributed by atoms with van der Waals surface area (Å²) in [7, 11) is 1.03. The van der Waals surface area contributed by atoms with E-state index in [1.807, 2.05) is 0 Å². The third-order valence-corrected chi connectivity index (χ3v) is 4.23. The molecule has 4 nitrogen and oxygen atoms in total. The predicted octanol–water partition coefficient (Wildman–Crippen LogP) is 4.19. The normalized spacial score (nSPS) is 16.5. The summed E-state index contributed by atoms with van der Waals surface area (Å²) < 4.78 is 73.4. The highest BCUT2D eigenvalue weighted by atomic mass is 35.5. The summed E-state index contributed by atoms with van der Waals surface area (Å²) in [4.78, 5) is 12.0. The topological polar surface area (TPSA) is 41.9 Å². The van der Waals surface area contributed by atoms with Gasteiger partial charge in [0.1, 0.15) is 5.69 Å². The van der Waals surface area contributed by atoms with Gasteiger partial charge >= 0.3 is 5.97 Å². The number of anilines is 1. The highest BCUT2D eigenvalue weighted by Crippen LogP contribution is 2.35. The van der Waals surface area contributed by atoms with Gasteiger partial charge in [-0.3, -0.25) is 0 Å². The molecule has 0 amide bonds. The van der Waals surface area contributed by atoms with E-state index in [0.29, 0.717) is 15.6 Å². The summed E-state index contributed by atoms with van der Waals surface area (Å²) in [5.41, 5.74) is -0.684. The number of hydrogen-bond donors (Lipinski definition) is 0. The average molecular weight is 405 g/mol. The number of ether oxygens (including phenoxy) is 1. The van der Waals surface area contributed by atoms with Gasteiger partial charge in [0.25, 0.3) is 0 Å². The van der Waals surface area contributed by atoms with Gasteiger partial charge in [-0.1, -0.05) is 23.7 Å². The molecule has 3 rings (SSSR count). The summed E-state index contributed by atoms with van der Waals surface area (Å²) in [6.07, 6.45) is -0.173. The molecule has 2 aromatic rings. The van der Waals surface area contributed by atoms with E-state index in [9.17, 15) is 26.7 Å². The van der Waals surface area contributed by atoms with Crippen molar-refractivity contribution in [3.63, 3.8) is 0 Å².